The maximum absolute atomic E-state index is 13.1. The van der Waals surface area contributed by atoms with Gasteiger partial charge in [0.15, 0.2) is 0 Å². The third kappa shape index (κ3) is 4.49. The van der Waals surface area contributed by atoms with Crippen molar-refractivity contribution in [2.24, 2.45) is 11.8 Å². The van der Waals surface area contributed by atoms with Gasteiger partial charge < -0.3 is 15.1 Å². The summed E-state index contributed by atoms with van der Waals surface area (Å²) in [5.41, 5.74) is 0.975. The molecule has 2 aliphatic heterocycles. The van der Waals surface area contributed by atoms with Gasteiger partial charge in [0.25, 0.3) is 5.91 Å². The van der Waals surface area contributed by atoms with E-state index < -0.39 is 23.5 Å². The van der Waals surface area contributed by atoms with E-state index in [1.807, 2.05) is 30.3 Å². The van der Waals surface area contributed by atoms with Gasteiger partial charge in [-0.25, -0.2) is 0 Å². The van der Waals surface area contributed by atoms with Gasteiger partial charge in [0.05, 0.1) is 11.8 Å². The average Bonchev–Trinajstić information content (AvgIpc) is 3.37. The van der Waals surface area contributed by atoms with E-state index in [0.717, 1.165) is 31.4 Å². The summed E-state index contributed by atoms with van der Waals surface area (Å²) in [6.07, 6.45) is 3.67. The van der Waals surface area contributed by atoms with E-state index in [1.54, 1.807) is 9.80 Å². The van der Waals surface area contributed by atoms with Crippen LogP contribution in [0.4, 0.5) is 0 Å². The number of ketones is 1. The Bertz CT molecular complexity index is 806. The van der Waals surface area contributed by atoms with Crippen molar-refractivity contribution in [1.82, 2.24) is 15.1 Å². The van der Waals surface area contributed by atoms with Crippen LogP contribution < -0.4 is 5.32 Å². The molecule has 1 aromatic carbocycles. The van der Waals surface area contributed by atoms with Gasteiger partial charge in [0.2, 0.25) is 17.6 Å². The Balaban J connectivity index is 1.46. The summed E-state index contributed by atoms with van der Waals surface area (Å²) < 4.78 is 0. The van der Waals surface area contributed by atoms with Crippen molar-refractivity contribution in [3.8, 4) is 0 Å². The lowest BCUT2D eigenvalue weighted by Crippen LogP contribution is -2.40. The smallest absolute Gasteiger partial charge is 0.287 e. The summed E-state index contributed by atoms with van der Waals surface area (Å²) in [5.74, 6) is -2.22. The van der Waals surface area contributed by atoms with Gasteiger partial charge >= 0.3 is 0 Å². The number of amides is 3. The molecule has 1 aromatic rings. The third-order valence-electron chi connectivity index (χ3n) is 6.11. The molecule has 1 N–H and O–H groups in total. The van der Waals surface area contributed by atoms with Crippen molar-refractivity contribution in [1.29, 1.82) is 0 Å². The van der Waals surface area contributed by atoms with Crippen molar-refractivity contribution in [2.45, 2.75) is 38.1 Å². The second-order valence-corrected chi connectivity index (χ2v) is 8.28. The van der Waals surface area contributed by atoms with Gasteiger partial charge in [-0.2, -0.15) is 0 Å². The molecule has 0 bridgehead atoms. The minimum Gasteiger partial charge on any atom is -0.347 e. The van der Waals surface area contributed by atoms with E-state index in [9.17, 15) is 19.2 Å². The molecule has 0 radical (unpaired) electrons. The number of nitrogens with one attached hydrogen (secondary N) is 1. The van der Waals surface area contributed by atoms with E-state index >= 15 is 0 Å². The van der Waals surface area contributed by atoms with Crippen LogP contribution in [0.5, 0.6) is 0 Å². The number of carbonyl (C=O) groups is 4. The fourth-order valence-corrected chi connectivity index (χ4v) is 4.26. The number of benzene rings is 1. The minimum absolute atomic E-state index is 0.0990. The SMILES string of the molecule is O=C(NC1CC1)C(=O)[C@H]1CN(CCN2CCCC2=O)C(=O)[C@@H]1Cc1ccccc1. The quantitative estimate of drug-likeness (QED) is 0.657. The molecular weight excluding hydrogens is 370 g/mol. The molecule has 7 heteroatoms. The van der Waals surface area contributed by atoms with Crippen LogP contribution in [0.3, 0.4) is 0 Å². The van der Waals surface area contributed by atoms with Crippen molar-refractivity contribution in [3.63, 3.8) is 0 Å². The summed E-state index contributed by atoms with van der Waals surface area (Å²) in [6.45, 7) is 1.86. The van der Waals surface area contributed by atoms with Crippen molar-refractivity contribution >= 4 is 23.5 Å². The van der Waals surface area contributed by atoms with E-state index in [-0.39, 0.29) is 24.4 Å². The minimum atomic E-state index is -0.643. The molecule has 0 unspecified atom stereocenters. The van der Waals surface area contributed by atoms with Crippen LogP contribution in [0.1, 0.15) is 31.2 Å². The normalized spacial score (nSPS) is 24.3. The van der Waals surface area contributed by atoms with E-state index in [4.69, 9.17) is 0 Å². The van der Waals surface area contributed by atoms with E-state index in [2.05, 4.69) is 5.32 Å². The number of carbonyl (C=O) groups excluding carboxylic acids is 4. The fourth-order valence-electron chi connectivity index (χ4n) is 4.26. The molecule has 154 valence electrons. The standard InChI is InChI=1S/C22H27N3O4/c26-19-7-4-10-24(19)11-12-25-14-18(20(27)21(28)23-16-8-9-16)17(22(25)29)13-15-5-2-1-3-6-15/h1-3,5-6,16-18H,4,7-14H2,(H,23,28)/t17-,18+/m1/s1. The Morgan fingerprint density at radius 3 is 2.41 bits per heavy atom. The fraction of sp³-hybridized carbons (Fsp3) is 0.545. The van der Waals surface area contributed by atoms with Gasteiger partial charge in [-0.15, -0.1) is 0 Å². The third-order valence-corrected chi connectivity index (χ3v) is 6.11. The van der Waals surface area contributed by atoms with Crippen molar-refractivity contribution < 1.29 is 19.2 Å². The zero-order valence-electron chi connectivity index (χ0n) is 16.5. The van der Waals surface area contributed by atoms with Crippen LogP contribution in [0.2, 0.25) is 0 Å². The first-order valence-corrected chi connectivity index (χ1v) is 10.5. The number of rotatable bonds is 8. The van der Waals surface area contributed by atoms with Crippen molar-refractivity contribution in [3.05, 3.63) is 35.9 Å². The molecule has 4 rings (SSSR count). The highest BCUT2D eigenvalue weighted by Crippen LogP contribution is 2.30. The lowest BCUT2D eigenvalue weighted by atomic mass is 9.86. The zero-order chi connectivity index (χ0) is 20.4. The molecule has 2 saturated heterocycles. The largest absolute Gasteiger partial charge is 0.347 e. The number of likely N-dealkylation sites (tertiary alicyclic amines) is 2. The van der Waals surface area contributed by atoms with Crippen LogP contribution in [-0.2, 0) is 25.6 Å². The van der Waals surface area contributed by atoms with Crippen LogP contribution >= 0.6 is 0 Å². The molecule has 0 aromatic heterocycles. The number of nitrogens with zero attached hydrogens (tertiary/aromatic N) is 2. The predicted molar refractivity (Wildman–Crippen MR) is 106 cm³/mol. The molecule has 0 spiro atoms. The zero-order valence-corrected chi connectivity index (χ0v) is 16.5. The summed E-state index contributed by atoms with van der Waals surface area (Å²) in [4.78, 5) is 53.6. The highest BCUT2D eigenvalue weighted by Gasteiger charge is 2.46. The average molecular weight is 397 g/mol. The molecule has 1 aliphatic carbocycles. The molecular formula is C22H27N3O4. The van der Waals surface area contributed by atoms with Gasteiger partial charge in [0.1, 0.15) is 0 Å². The van der Waals surface area contributed by atoms with Crippen LogP contribution in [-0.4, -0.2) is 65.5 Å². The monoisotopic (exact) mass is 397 g/mol. The molecule has 3 amide bonds. The van der Waals surface area contributed by atoms with Gasteiger partial charge in [-0.3, -0.25) is 19.2 Å². The predicted octanol–water partition coefficient (Wildman–Crippen LogP) is 0.774. The number of hydrogen-bond acceptors (Lipinski definition) is 4. The second-order valence-electron chi connectivity index (χ2n) is 8.28. The summed E-state index contributed by atoms with van der Waals surface area (Å²) in [7, 11) is 0. The first-order chi connectivity index (χ1) is 14.0. The topological polar surface area (TPSA) is 86.8 Å². The van der Waals surface area contributed by atoms with Gasteiger partial charge in [-0.05, 0) is 31.2 Å². The van der Waals surface area contributed by atoms with Gasteiger partial charge in [0, 0.05) is 38.6 Å². The lowest BCUT2D eigenvalue weighted by molar-refractivity contribution is -0.141. The Labute approximate surface area is 170 Å². The first kappa shape index (κ1) is 19.6. The molecule has 3 fully saturated rings. The molecule has 3 aliphatic rings. The highest BCUT2D eigenvalue weighted by atomic mass is 16.2. The Morgan fingerprint density at radius 2 is 1.76 bits per heavy atom. The maximum Gasteiger partial charge on any atom is 0.287 e. The maximum atomic E-state index is 13.1. The molecule has 2 heterocycles. The summed E-state index contributed by atoms with van der Waals surface area (Å²) in [5, 5.41) is 2.76. The number of Topliss-reactive ketones (excluding diaryl/α,β-unsaturated/α-hetero) is 1. The van der Waals surface area contributed by atoms with Crippen LogP contribution in [0, 0.1) is 11.8 Å². The highest BCUT2D eigenvalue weighted by molar-refractivity contribution is 6.37. The summed E-state index contributed by atoms with van der Waals surface area (Å²) in [6, 6.07) is 9.69. The Morgan fingerprint density at radius 1 is 1.03 bits per heavy atom. The lowest BCUT2D eigenvalue weighted by Gasteiger charge is -2.21. The first-order valence-electron chi connectivity index (χ1n) is 10.5. The van der Waals surface area contributed by atoms with Crippen LogP contribution in [0.25, 0.3) is 0 Å². The molecule has 1 saturated carbocycles. The molecule has 2 atom stereocenters. The molecule has 7 nitrogen and oxygen atoms in total. The van der Waals surface area contributed by atoms with Gasteiger partial charge in [-0.1, -0.05) is 30.3 Å². The second kappa shape index (κ2) is 8.35. The summed E-state index contributed by atoms with van der Waals surface area (Å²) >= 11 is 0. The van der Waals surface area contributed by atoms with E-state index in [1.165, 1.54) is 0 Å². The van der Waals surface area contributed by atoms with E-state index in [0.29, 0.717) is 25.9 Å². The Kier molecular flexibility index (Phi) is 5.65. The van der Waals surface area contributed by atoms with Crippen molar-refractivity contribution in [2.75, 3.05) is 26.2 Å². The molecule has 29 heavy (non-hydrogen) atoms. The Hall–Kier alpha value is -2.70. The van der Waals surface area contributed by atoms with Crippen LogP contribution in [0.15, 0.2) is 30.3 Å². The number of hydrogen-bond donors (Lipinski definition) is 1.